The van der Waals surface area contributed by atoms with Gasteiger partial charge in [0.1, 0.15) is 18.2 Å². The Balaban J connectivity index is 1.78. The zero-order valence-corrected chi connectivity index (χ0v) is 14.7. The molecule has 0 heterocycles. The molecule has 5 heteroatoms. The van der Waals surface area contributed by atoms with E-state index in [2.05, 4.69) is 0 Å². The van der Waals surface area contributed by atoms with Crippen LogP contribution in [-0.4, -0.2) is 11.1 Å². The quantitative estimate of drug-likeness (QED) is 0.659. The number of carbonyl (C=O) groups is 1. The number of hydrogen-bond donors (Lipinski definition) is 2. The molecule has 0 aliphatic rings. The molecule has 27 heavy (non-hydrogen) atoms. The average molecular weight is 365 g/mol. The fourth-order valence-corrected chi connectivity index (χ4v) is 2.87. The van der Waals surface area contributed by atoms with Crippen LogP contribution in [0, 0.1) is 5.82 Å². The third-order valence-electron chi connectivity index (χ3n) is 4.23. The minimum absolute atomic E-state index is 0.0896. The lowest BCUT2D eigenvalue weighted by molar-refractivity contribution is -0.136. The van der Waals surface area contributed by atoms with Crippen molar-refractivity contribution in [3.8, 4) is 16.9 Å². The van der Waals surface area contributed by atoms with E-state index in [0.717, 1.165) is 16.7 Å². The van der Waals surface area contributed by atoms with E-state index in [4.69, 9.17) is 15.6 Å². The molecule has 0 fully saturated rings. The minimum Gasteiger partial charge on any atom is -0.489 e. The Morgan fingerprint density at radius 3 is 2.52 bits per heavy atom. The van der Waals surface area contributed by atoms with Crippen LogP contribution in [0.15, 0.2) is 66.7 Å². The number of ether oxygens (including phenoxy) is 1. The maximum atomic E-state index is 13.7. The minimum atomic E-state index is -0.903. The van der Waals surface area contributed by atoms with E-state index in [1.54, 1.807) is 30.3 Å². The van der Waals surface area contributed by atoms with Gasteiger partial charge in [-0.25, -0.2) is 4.39 Å². The van der Waals surface area contributed by atoms with Gasteiger partial charge in [-0.3, -0.25) is 4.79 Å². The van der Waals surface area contributed by atoms with Crippen molar-refractivity contribution in [2.75, 3.05) is 0 Å². The molecule has 0 bridgehead atoms. The first-order valence-electron chi connectivity index (χ1n) is 8.57. The van der Waals surface area contributed by atoms with Gasteiger partial charge in [0.2, 0.25) is 0 Å². The zero-order chi connectivity index (χ0) is 19.2. The maximum absolute atomic E-state index is 13.7. The number of aliphatic carboxylic acids is 1. The van der Waals surface area contributed by atoms with Crippen LogP contribution in [0.5, 0.6) is 5.75 Å². The summed E-state index contributed by atoms with van der Waals surface area (Å²) in [4.78, 5) is 11.0. The predicted molar refractivity (Wildman–Crippen MR) is 102 cm³/mol. The molecule has 0 aliphatic carbocycles. The van der Waals surface area contributed by atoms with E-state index in [-0.39, 0.29) is 18.8 Å². The highest BCUT2D eigenvalue weighted by atomic mass is 19.1. The van der Waals surface area contributed by atoms with Crippen LogP contribution in [0.2, 0.25) is 0 Å². The molecule has 3 aromatic carbocycles. The van der Waals surface area contributed by atoms with Crippen molar-refractivity contribution in [2.45, 2.75) is 19.6 Å². The summed E-state index contributed by atoms with van der Waals surface area (Å²) in [5.41, 5.74) is 9.43. The molecule has 0 spiro atoms. The smallest absolute Gasteiger partial charge is 0.307 e. The van der Waals surface area contributed by atoms with Crippen molar-refractivity contribution in [1.29, 1.82) is 0 Å². The van der Waals surface area contributed by atoms with Crippen molar-refractivity contribution < 1.29 is 19.0 Å². The molecule has 3 aromatic rings. The molecule has 4 nitrogen and oxygen atoms in total. The number of carboxylic acid groups (broad SMARTS) is 1. The second-order valence-electron chi connectivity index (χ2n) is 6.18. The summed E-state index contributed by atoms with van der Waals surface area (Å²) in [6.45, 7) is 0.443. The molecule has 0 aliphatic heterocycles. The second kappa shape index (κ2) is 8.47. The van der Waals surface area contributed by atoms with Crippen molar-refractivity contribution in [1.82, 2.24) is 0 Å². The highest BCUT2D eigenvalue weighted by Gasteiger charge is 2.09. The van der Waals surface area contributed by atoms with E-state index in [9.17, 15) is 9.18 Å². The topological polar surface area (TPSA) is 72.5 Å². The first-order valence-corrected chi connectivity index (χ1v) is 8.57. The predicted octanol–water partition coefficient (Wildman–Crippen LogP) is 4.16. The highest BCUT2D eigenvalue weighted by molar-refractivity contribution is 5.71. The van der Waals surface area contributed by atoms with Gasteiger partial charge >= 0.3 is 5.97 Å². The van der Waals surface area contributed by atoms with Gasteiger partial charge in [-0.05, 0) is 41.0 Å². The summed E-state index contributed by atoms with van der Waals surface area (Å²) >= 11 is 0. The number of hydrogen-bond acceptors (Lipinski definition) is 3. The second-order valence-corrected chi connectivity index (χ2v) is 6.18. The van der Waals surface area contributed by atoms with Crippen LogP contribution in [0.3, 0.4) is 0 Å². The lowest BCUT2D eigenvalue weighted by Gasteiger charge is -2.12. The monoisotopic (exact) mass is 365 g/mol. The van der Waals surface area contributed by atoms with Crippen LogP contribution in [0.4, 0.5) is 4.39 Å². The Bertz CT molecular complexity index is 956. The lowest BCUT2D eigenvalue weighted by Crippen LogP contribution is -2.04. The summed E-state index contributed by atoms with van der Waals surface area (Å²) in [6, 6.07) is 19.7. The standard InChI is InChI=1S/C22H20FNO3/c23-20-9-8-17(11-19(20)13-24)16-6-3-4-15(10-16)14-27-21-7-2-1-5-18(21)12-22(25)26/h1-11H,12-14,24H2,(H,25,26). The Kier molecular flexibility index (Phi) is 5.84. The number of nitrogens with two attached hydrogens (primary N) is 1. The summed E-state index contributed by atoms with van der Waals surface area (Å²) in [5.74, 6) is -0.659. The van der Waals surface area contributed by atoms with Crippen LogP contribution >= 0.6 is 0 Å². The average Bonchev–Trinajstić information content (AvgIpc) is 2.67. The molecule has 0 unspecified atom stereocenters. The molecule has 0 atom stereocenters. The maximum Gasteiger partial charge on any atom is 0.307 e. The largest absolute Gasteiger partial charge is 0.489 e. The Hall–Kier alpha value is -3.18. The van der Waals surface area contributed by atoms with Gasteiger partial charge in [-0.2, -0.15) is 0 Å². The van der Waals surface area contributed by atoms with Gasteiger partial charge in [0.25, 0.3) is 0 Å². The number of benzene rings is 3. The lowest BCUT2D eigenvalue weighted by atomic mass is 10.0. The van der Waals surface area contributed by atoms with E-state index < -0.39 is 5.97 Å². The van der Waals surface area contributed by atoms with E-state index in [1.807, 2.05) is 30.3 Å². The molecule has 3 rings (SSSR count). The number of carboxylic acids is 1. The SMILES string of the molecule is NCc1cc(-c2cccc(COc3ccccc3CC(=O)O)c2)ccc1F. The number of halogens is 1. The molecular weight excluding hydrogens is 345 g/mol. The third kappa shape index (κ3) is 4.71. The highest BCUT2D eigenvalue weighted by Crippen LogP contribution is 2.25. The summed E-state index contributed by atoms with van der Waals surface area (Å²) in [5, 5.41) is 9.01. The number of rotatable bonds is 7. The number of para-hydroxylation sites is 1. The van der Waals surface area contributed by atoms with Crippen LogP contribution in [-0.2, 0) is 24.4 Å². The fraction of sp³-hybridized carbons (Fsp3) is 0.136. The molecule has 138 valence electrons. The van der Waals surface area contributed by atoms with Crippen LogP contribution in [0.25, 0.3) is 11.1 Å². The van der Waals surface area contributed by atoms with Crippen molar-refractivity contribution in [2.24, 2.45) is 5.73 Å². The molecule has 0 saturated carbocycles. The third-order valence-corrected chi connectivity index (χ3v) is 4.23. The molecular formula is C22H20FNO3. The van der Waals surface area contributed by atoms with Crippen LogP contribution < -0.4 is 10.5 Å². The summed E-state index contributed by atoms with van der Waals surface area (Å²) in [6.07, 6.45) is -0.0896. The zero-order valence-electron chi connectivity index (χ0n) is 14.7. The Labute approximate surface area is 157 Å². The summed E-state index contributed by atoms with van der Waals surface area (Å²) in [7, 11) is 0. The van der Waals surface area contributed by atoms with Gasteiger partial charge in [0, 0.05) is 17.7 Å². The molecule has 0 saturated heterocycles. The van der Waals surface area contributed by atoms with Gasteiger partial charge in [0.15, 0.2) is 0 Å². The van der Waals surface area contributed by atoms with Crippen molar-refractivity contribution >= 4 is 5.97 Å². The van der Waals surface area contributed by atoms with Crippen molar-refractivity contribution in [3.05, 3.63) is 89.2 Å². The molecule has 0 aromatic heterocycles. The Morgan fingerprint density at radius 2 is 1.74 bits per heavy atom. The normalized spacial score (nSPS) is 10.6. The van der Waals surface area contributed by atoms with E-state index in [0.29, 0.717) is 23.5 Å². The molecule has 0 radical (unpaired) electrons. The van der Waals surface area contributed by atoms with Gasteiger partial charge in [-0.15, -0.1) is 0 Å². The van der Waals surface area contributed by atoms with Crippen LogP contribution in [0.1, 0.15) is 16.7 Å². The molecule has 0 amide bonds. The first kappa shape index (κ1) is 18.6. The van der Waals surface area contributed by atoms with Crippen molar-refractivity contribution in [3.63, 3.8) is 0 Å². The van der Waals surface area contributed by atoms with Gasteiger partial charge < -0.3 is 15.6 Å². The Morgan fingerprint density at radius 1 is 0.963 bits per heavy atom. The van der Waals surface area contributed by atoms with Gasteiger partial charge in [0.05, 0.1) is 6.42 Å². The summed E-state index contributed by atoms with van der Waals surface area (Å²) < 4.78 is 19.5. The fourth-order valence-electron chi connectivity index (χ4n) is 2.87. The first-order chi connectivity index (χ1) is 13.1. The molecule has 3 N–H and O–H groups in total. The van der Waals surface area contributed by atoms with E-state index in [1.165, 1.54) is 6.07 Å². The van der Waals surface area contributed by atoms with E-state index >= 15 is 0 Å². The van der Waals surface area contributed by atoms with Gasteiger partial charge in [-0.1, -0.05) is 42.5 Å².